The molecule has 1 aliphatic carbocycles. The monoisotopic (exact) mass is 260 g/mol. The second-order valence-corrected chi connectivity index (χ2v) is 4.46. The Bertz CT molecular complexity index is 415. The molecule has 2 rings (SSSR count). The lowest BCUT2D eigenvalue weighted by molar-refractivity contribution is -0.134. The first-order valence-electron chi connectivity index (χ1n) is 5.89. The summed E-state index contributed by atoms with van der Waals surface area (Å²) >= 11 is 0. The van der Waals surface area contributed by atoms with E-state index in [-0.39, 0.29) is 13.0 Å². The van der Waals surface area contributed by atoms with Crippen LogP contribution in [-0.4, -0.2) is 22.7 Å². The van der Waals surface area contributed by atoms with Crippen LogP contribution in [0.5, 0.6) is 0 Å². The van der Waals surface area contributed by atoms with Crippen molar-refractivity contribution in [1.29, 1.82) is 0 Å². The Morgan fingerprint density at radius 1 is 1.33 bits per heavy atom. The van der Waals surface area contributed by atoms with Crippen molar-refractivity contribution in [3.8, 4) is 0 Å². The van der Waals surface area contributed by atoms with Crippen LogP contribution in [-0.2, 0) is 0 Å². The molecule has 0 atom stereocenters. The quantitative estimate of drug-likeness (QED) is 0.799. The van der Waals surface area contributed by atoms with Crippen molar-refractivity contribution >= 4 is 11.6 Å². The maximum Gasteiger partial charge on any atom is 0.389 e. The van der Waals surface area contributed by atoms with E-state index >= 15 is 0 Å². The van der Waals surface area contributed by atoms with Gasteiger partial charge in [0.25, 0.3) is 0 Å². The molecule has 1 fully saturated rings. The summed E-state index contributed by atoms with van der Waals surface area (Å²) < 4.78 is 35.9. The second kappa shape index (κ2) is 4.99. The molecular formula is C11H15F3N4. The zero-order valence-electron chi connectivity index (χ0n) is 9.80. The summed E-state index contributed by atoms with van der Waals surface area (Å²) in [5.74, 6) is 1.91. The smallest absolute Gasteiger partial charge is 0.384 e. The highest BCUT2D eigenvalue weighted by Crippen LogP contribution is 2.38. The maximum atomic E-state index is 12.0. The summed E-state index contributed by atoms with van der Waals surface area (Å²) in [4.78, 5) is 8.36. The summed E-state index contributed by atoms with van der Waals surface area (Å²) in [6.45, 7) is 0.222. The Morgan fingerprint density at radius 2 is 2.06 bits per heavy atom. The minimum atomic E-state index is -4.11. The first kappa shape index (κ1) is 12.9. The number of nitrogen functional groups attached to an aromatic ring is 1. The van der Waals surface area contributed by atoms with Gasteiger partial charge in [-0.05, 0) is 19.3 Å². The molecule has 0 unspecified atom stereocenters. The van der Waals surface area contributed by atoms with Crippen LogP contribution in [0.2, 0.25) is 0 Å². The number of nitrogens with one attached hydrogen (secondary N) is 1. The van der Waals surface area contributed by atoms with Crippen molar-refractivity contribution in [3.05, 3.63) is 11.9 Å². The average Bonchev–Trinajstić information content (AvgIpc) is 3.06. The lowest BCUT2D eigenvalue weighted by Gasteiger charge is -2.09. The predicted octanol–water partition coefficient (Wildman–Crippen LogP) is 2.69. The van der Waals surface area contributed by atoms with Crippen molar-refractivity contribution in [2.45, 2.75) is 37.8 Å². The molecule has 0 radical (unpaired) electrons. The summed E-state index contributed by atoms with van der Waals surface area (Å²) in [6.07, 6.45) is -2.78. The number of rotatable bonds is 5. The molecule has 1 heterocycles. The maximum absolute atomic E-state index is 12.0. The third-order valence-electron chi connectivity index (χ3n) is 2.65. The molecule has 1 aromatic heterocycles. The lowest BCUT2D eigenvalue weighted by atomic mass is 10.3. The van der Waals surface area contributed by atoms with Crippen molar-refractivity contribution in [1.82, 2.24) is 9.97 Å². The van der Waals surface area contributed by atoms with E-state index in [2.05, 4.69) is 15.3 Å². The molecular weight excluding hydrogens is 245 g/mol. The Morgan fingerprint density at radius 3 is 2.67 bits per heavy atom. The molecule has 0 saturated heterocycles. The van der Waals surface area contributed by atoms with Crippen LogP contribution in [0.1, 0.15) is 37.4 Å². The number of aromatic nitrogens is 2. The van der Waals surface area contributed by atoms with E-state index in [1.54, 1.807) is 6.07 Å². The number of nitrogens with zero attached hydrogens (tertiary/aromatic N) is 2. The molecule has 0 aliphatic heterocycles. The highest BCUT2D eigenvalue weighted by molar-refractivity contribution is 5.45. The van der Waals surface area contributed by atoms with Crippen LogP contribution in [0.4, 0.5) is 24.8 Å². The number of nitrogens with two attached hydrogens (primary N) is 1. The molecule has 1 aromatic rings. The largest absolute Gasteiger partial charge is 0.389 e. The second-order valence-electron chi connectivity index (χ2n) is 4.46. The van der Waals surface area contributed by atoms with Crippen molar-refractivity contribution in [2.75, 3.05) is 17.6 Å². The van der Waals surface area contributed by atoms with Gasteiger partial charge in [-0.2, -0.15) is 13.2 Å². The predicted molar refractivity (Wildman–Crippen MR) is 62.2 cm³/mol. The van der Waals surface area contributed by atoms with Crippen molar-refractivity contribution in [3.63, 3.8) is 0 Å². The Kier molecular flexibility index (Phi) is 3.58. The van der Waals surface area contributed by atoms with Crippen LogP contribution in [0.15, 0.2) is 6.07 Å². The van der Waals surface area contributed by atoms with Gasteiger partial charge in [0.05, 0.1) is 0 Å². The lowest BCUT2D eigenvalue weighted by Crippen LogP contribution is -2.12. The first-order valence-corrected chi connectivity index (χ1v) is 5.89. The third-order valence-corrected chi connectivity index (χ3v) is 2.65. The van der Waals surface area contributed by atoms with E-state index < -0.39 is 12.6 Å². The third kappa shape index (κ3) is 4.05. The zero-order chi connectivity index (χ0) is 13.2. The molecule has 0 bridgehead atoms. The molecule has 18 heavy (non-hydrogen) atoms. The van der Waals surface area contributed by atoms with Crippen LogP contribution >= 0.6 is 0 Å². The van der Waals surface area contributed by atoms with Crippen LogP contribution in [0.25, 0.3) is 0 Å². The number of alkyl halides is 3. The number of hydrogen-bond donors (Lipinski definition) is 2. The van der Waals surface area contributed by atoms with Gasteiger partial charge in [0.2, 0.25) is 0 Å². The Labute approximate surface area is 103 Å². The minimum Gasteiger partial charge on any atom is -0.384 e. The van der Waals surface area contributed by atoms with E-state index in [9.17, 15) is 13.2 Å². The van der Waals surface area contributed by atoms with Gasteiger partial charge in [0.15, 0.2) is 0 Å². The molecule has 4 nitrogen and oxygen atoms in total. The van der Waals surface area contributed by atoms with Gasteiger partial charge in [0.1, 0.15) is 17.5 Å². The average molecular weight is 260 g/mol. The van der Waals surface area contributed by atoms with Crippen LogP contribution in [0, 0.1) is 0 Å². The molecule has 0 amide bonds. The molecule has 1 saturated carbocycles. The van der Waals surface area contributed by atoms with Gasteiger partial charge in [-0.3, -0.25) is 0 Å². The van der Waals surface area contributed by atoms with E-state index in [0.29, 0.717) is 23.4 Å². The SMILES string of the molecule is Nc1cc(NCCCC(F)(F)F)nc(C2CC2)n1. The summed E-state index contributed by atoms with van der Waals surface area (Å²) in [6, 6.07) is 1.54. The van der Waals surface area contributed by atoms with Gasteiger partial charge in [0, 0.05) is 24.9 Å². The van der Waals surface area contributed by atoms with Crippen LogP contribution in [0.3, 0.4) is 0 Å². The zero-order valence-corrected chi connectivity index (χ0v) is 9.80. The first-order chi connectivity index (χ1) is 8.44. The van der Waals surface area contributed by atoms with Crippen LogP contribution < -0.4 is 11.1 Å². The van der Waals surface area contributed by atoms with E-state index in [1.165, 1.54) is 0 Å². The van der Waals surface area contributed by atoms with E-state index in [1.807, 2.05) is 0 Å². The van der Waals surface area contributed by atoms with E-state index in [0.717, 1.165) is 12.8 Å². The number of hydrogen-bond acceptors (Lipinski definition) is 4. The molecule has 0 aromatic carbocycles. The Hall–Kier alpha value is -1.53. The van der Waals surface area contributed by atoms with E-state index in [4.69, 9.17) is 5.73 Å². The molecule has 100 valence electrons. The molecule has 0 spiro atoms. The topological polar surface area (TPSA) is 63.8 Å². The van der Waals surface area contributed by atoms with Crippen molar-refractivity contribution < 1.29 is 13.2 Å². The molecule has 7 heteroatoms. The van der Waals surface area contributed by atoms with Crippen molar-refractivity contribution in [2.24, 2.45) is 0 Å². The number of halogens is 3. The molecule has 1 aliphatic rings. The fourth-order valence-electron chi connectivity index (χ4n) is 1.61. The van der Waals surface area contributed by atoms with Gasteiger partial charge >= 0.3 is 6.18 Å². The fourth-order valence-corrected chi connectivity index (χ4v) is 1.61. The Balaban J connectivity index is 1.85. The highest BCUT2D eigenvalue weighted by atomic mass is 19.4. The minimum absolute atomic E-state index is 0.0200. The summed E-state index contributed by atoms with van der Waals surface area (Å²) in [5, 5.41) is 2.85. The number of anilines is 2. The van der Waals surface area contributed by atoms with Gasteiger partial charge < -0.3 is 11.1 Å². The summed E-state index contributed by atoms with van der Waals surface area (Å²) in [7, 11) is 0. The normalized spacial score (nSPS) is 15.7. The standard InChI is InChI=1S/C11H15F3N4/c12-11(13,14)4-1-5-16-9-6-8(15)17-10(18-9)7-2-3-7/h6-7H,1-5H2,(H3,15,16,17,18). The summed E-state index contributed by atoms with van der Waals surface area (Å²) in [5.41, 5.74) is 5.63. The van der Waals surface area contributed by atoms with Gasteiger partial charge in [-0.1, -0.05) is 0 Å². The fraction of sp³-hybridized carbons (Fsp3) is 0.636. The van der Waals surface area contributed by atoms with Gasteiger partial charge in [-0.15, -0.1) is 0 Å². The van der Waals surface area contributed by atoms with Gasteiger partial charge in [-0.25, -0.2) is 9.97 Å². The highest BCUT2D eigenvalue weighted by Gasteiger charge is 2.27. The molecule has 3 N–H and O–H groups in total.